The van der Waals surface area contributed by atoms with Gasteiger partial charge in [-0.3, -0.25) is 0 Å². The van der Waals surface area contributed by atoms with Gasteiger partial charge in [-0.15, -0.1) is 6.42 Å². The SMILES string of the molecule is C#CC(CCC)NCC(O)c1ccc(F)c(F)c1. The summed E-state index contributed by atoms with van der Waals surface area (Å²) in [5, 5.41) is 12.8. The summed E-state index contributed by atoms with van der Waals surface area (Å²) in [5.74, 6) is 0.685. The molecule has 0 heterocycles. The van der Waals surface area contributed by atoms with Gasteiger partial charge in [-0.2, -0.15) is 0 Å². The fourth-order valence-electron chi connectivity index (χ4n) is 1.62. The molecule has 0 saturated carbocycles. The summed E-state index contributed by atoms with van der Waals surface area (Å²) in [6, 6.07) is 3.23. The smallest absolute Gasteiger partial charge is 0.159 e. The number of halogens is 2. The molecule has 0 spiro atoms. The van der Waals surface area contributed by atoms with Gasteiger partial charge in [0.05, 0.1) is 12.1 Å². The molecule has 2 atom stereocenters. The number of hydrogen-bond donors (Lipinski definition) is 2. The number of benzene rings is 1. The van der Waals surface area contributed by atoms with Crippen molar-refractivity contribution < 1.29 is 13.9 Å². The highest BCUT2D eigenvalue weighted by atomic mass is 19.2. The Morgan fingerprint density at radius 2 is 2.11 bits per heavy atom. The van der Waals surface area contributed by atoms with Crippen molar-refractivity contribution >= 4 is 0 Å². The van der Waals surface area contributed by atoms with E-state index < -0.39 is 17.7 Å². The van der Waals surface area contributed by atoms with Crippen LogP contribution in [0.5, 0.6) is 0 Å². The van der Waals surface area contributed by atoms with Crippen LogP contribution in [-0.4, -0.2) is 17.7 Å². The van der Waals surface area contributed by atoms with E-state index >= 15 is 0 Å². The van der Waals surface area contributed by atoms with Crippen molar-refractivity contribution in [2.24, 2.45) is 0 Å². The molecule has 0 fully saturated rings. The highest BCUT2D eigenvalue weighted by molar-refractivity contribution is 5.20. The third-order valence-corrected chi connectivity index (χ3v) is 2.66. The summed E-state index contributed by atoms with van der Waals surface area (Å²) in [4.78, 5) is 0. The van der Waals surface area contributed by atoms with Crippen molar-refractivity contribution in [1.82, 2.24) is 5.32 Å². The maximum absolute atomic E-state index is 13.0. The van der Waals surface area contributed by atoms with Crippen LogP contribution in [0.15, 0.2) is 18.2 Å². The van der Waals surface area contributed by atoms with Crippen molar-refractivity contribution in [2.45, 2.75) is 31.9 Å². The first-order valence-corrected chi connectivity index (χ1v) is 5.91. The van der Waals surface area contributed by atoms with E-state index in [-0.39, 0.29) is 12.6 Å². The van der Waals surface area contributed by atoms with E-state index in [9.17, 15) is 13.9 Å². The van der Waals surface area contributed by atoms with Gasteiger partial charge in [0.1, 0.15) is 0 Å². The third kappa shape index (κ3) is 4.10. The van der Waals surface area contributed by atoms with Crippen LogP contribution in [0, 0.1) is 24.0 Å². The Morgan fingerprint density at radius 3 is 2.67 bits per heavy atom. The molecular weight excluding hydrogens is 236 g/mol. The van der Waals surface area contributed by atoms with E-state index in [4.69, 9.17) is 6.42 Å². The van der Waals surface area contributed by atoms with Gasteiger partial charge in [-0.25, -0.2) is 8.78 Å². The molecule has 0 saturated heterocycles. The molecule has 0 aromatic heterocycles. The molecule has 1 aromatic rings. The molecule has 2 N–H and O–H groups in total. The van der Waals surface area contributed by atoms with E-state index in [2.05, 4.69) is 11.2 Å². The fraction of sp³-hybridized carbons (Fsp3) is 0.429. The number of hydrogen-bond acceptors (Lipinski definition) is 2. The highest BCUT2D eigenvalue weighted by Crippen LogP contribution is 2.15. The standard InChI is InChI=1S/C14H17F2NO/c1-3-5-11(4-2)17-9-14(18)10-6-7-12(15)13(16)8-10/h2,6-8,11,14,17-18H,3,5,9H2,1H3. The van der Waals surface area contributed by atoms with Gasteiger partial charge >= 0.3 is 0 Å². The topological polar surface area (TPSA) is 32.3 Å². The maximum Gasteiger partial charge on any atom is 0.159 e. The molecule has 0 aliphatic carbocycles. The lowest BCUT2D eigenvalue weighted by molar-refractivity contribution is 0.171. The molecule has 0 bridgehead atoms. The second-order valence-corrected chi connectivity index (χ2v) is 4.11. The van der Waals surface area contributed by atoms with Crippen molar-refractivity contribution in [3.8, 4) is 12.3 Å². The Labute approximate surface area is 106 Å². The van der Waals surface area contributed by atoms with Crippen LogP contribution in [0.4, 0.5) is 8.78 Å². The molecule has 98 valence electrons. The normalized spacial score (nSPS) is 13.9. The third-order valence-electron chi connectivity index (χ3n) is 2.66. The van der Waals surface area contributed by atoms with Crippen molar-refractivity contribution in [3.63, 3.8) is 0 Å². The van der Waals surface area contributed by atoms with E-state index in [1.165, 1.54) is 6.07 Å². The summed E-state index contributed by atoms with van der Waals surface area (Å²) in [5.41, 5.74) is 0.327. The fourth-order valence-corrected chi connectivity index (χ4v) is 1.62. The quantitative estimate of drug-likeness (QED) is 0.763. The van der Waals surface area contributed by atoms with Gasteiger partial charge in [-0.1, -0.05) is 25.3 Å². The molecule has 0 aliphatic heterocycles. The van der Waals surface area contributed by atoms with Gasteiger partial charge < -0.3 is 10.4 Å². The molecule has 2 nitrogen and oxygen atoms in total. The molecule has 2 unspecified atom stereocenters. The number of aliphatic hydroxyl groups excluding tert-OH is 1. The minimum atomic E-state index is -0.964. The number of nitrogens with one attached hydrogen (secondary N) is 1. The van der Waals surface area contributed by atoms with Crippen molar-refractivity contribution in [3.05, 3.63) is 35.4 Å². The zero-order chi connectivity index (χ0) is 13.5. The minimum Gasteiger partial charge on any atom is -0.387 e. The van der Waals surface area contributed by atoms with Crippen LogP contribution in [0.3, 0.4) is 0 Å². The minimum absolute atomic E-state index is 0.116. The van der Waals surface area contributed by atoms with E-state index in [1.807, 2.05) is 6.92 Å². The van der Waals surface area contributed by atoms with E-state index in [1.54, 1.807) is 0 Å². The van der Waals surface area contributed by atoms with Crippen LogP contribution in [0.2, 0.25) is 0 Å². The molecular formula is C14H17F2NO. The number of rotatable bonds is 6. The molecule has 4 heteroatoms. The Bertz CT molecular complexity index is 428. The van der Waals surface area contributed by atoms with Crippen molar-refractivity contribution in [1.29, 1.82) is 0 Å². The summed E-state index contributed by atoms with van der Waals surface area (Å²) < 4.78 is 25.7. The predicted molar refractivity (Wildman–Crippen MR) is 66.8 cm³/mol. The first-order chi connectivity index (χ1) is 8.58. The zero-order valence-electron chi connectivity index (χ0n) is 10.3. The predicted octanol–water partition coefficient (Wildman–Crippen LogP) is 2.39. The van der Waals surface area contributed by atoms with Gasteiger partial charge in [0.15, 0.2) is 11.6 Å². The lowest BCUT2D eigenvalue weighted by Gasteiger charge is -2.16. The first kappa shape index (κ1) is 14.6. The number of terminal acetylenes is 1. The summed E-state index contributed by atoms with van der Waals surface area (Å²) in [7, 11) is 0. The Kier molecular flexibility index (Phi) is 5.76. The average molecular weight is 253 g/mol. The molecule has 1 rings (SSSR count). The number of aliphatic hydroxyl groups is 1. The van der Waals surface area contributed by atoms with Crippen LogP contribution in [0.25, 0.3) is 0 Å². The largest absolute Gasteiger partial charge is 0.387 e. The van der Waals surface area contributed by atoms with Crippen molar-refractivity contribution in [2.75, 3.05) is 6.54 Å². The molecule has 18 heavy (non-hydrogen) atoms. The zero-order valence-corrected chi connectivity index (χ0v) is 10.3. The maximum atomic E-state index is 13.0. The van der Waals surface area contributed by atoms with E-state index in [0.29, 0.717) is 5.56 Å². The van der Waals surface area contributed by atoms with Gasteiger partial charge in [-0.05, 0) is 24.1 Å². The lowest BCUT2D eigenvalue weighted by Crippen LogP contribution is -2.31. The molecule has 0 aliphatic rings. The van der Waals surface area contributed by atoms with Crippen LogP contribution in [0.1, 0.15) is 31.4 Å². The summed E-state index contributed by atoms with van der Waals surface area (Å²) in [6.07, 6.45) is 6.15. The average Bonchev–Trinajstić information content (AvgIpc) is 2.37. The van der Waals surface area contributed by atoms with Crippen LogP contribution >= 0.6 is 0 Å². The monoisotopic (exact) mass is 253 g/mol. The Balaban J connectivity index is 2.57. The van der Waals surface area contributed by atoms with Gasteiger partial charge in [0.25, 0.3) is 0 Å². The van der Waals surface area contributed by atoms with Crippen LogP contribution in [-0.2, 0) is 0 Å². The molecule has 1 aromatic carbocycles. The first-order valence-electron chi connectivity index (χ1n) is 5.91. The molecule has 0 radical (unpaired) electrons. The van der Waals surface area contributed by atoms with Gasteiger partial charge in [0, 0.05) is 6.54 Å². The Hall–Kier alpha value is -1.44. The highest BCUT2D eigenvalue weighted by Gasteiger charge is 2.12. The van der Waals surface area contributed by atoms with Crippen LogP contribution < -0.4 is 5.32 Å². The van der Waals surface area contributed by atoms with Gasteiger partial charge in [0.2, 0.25) is 0 Å². The Morgan fingerprint density at radius 1 is 1.39 bits per heavy atom. The second kappa shape index (κ2) is 7.10. The molecule has 0 amide bonds. The lowest BCUT2D eigenvalue weighted by atomic mass is 10.1. The second-order valence-electron chi connectivity index (χ2n) is 4.11. The van der Waals surface area contributed by atoms with E-state index in [0.717, 1.165) is 25.0 Å². The summed E-state index contributed by atoms with van der Waals surface area (Å²) >= 11 is 0. The summed E-state index contributed by atoms with van der Waals surface area (Å²) in [6.45, 7) is 2.22.